The van der Waals surface area contributed by atoms with Gasteiger partial charge in [-0.25, -0.2) is 8.78 Å². The molecule has 1 heterocycles. The van der Waals surface area contributed by atoms with Crippen molar-refractivity contribution in [1.29, 1.82) is 0 Å². The third-order valence-electron chi connectivity index (χ3n) is 3.22. The second kappa shape index (κ2) is 4.97. The zero-order valence-corrected chi connectivity index (χ0v) is 10.7. The highest BCUT2D eigenvalue weighted by Gasteiger charge is 2.26. The van der Waals surface area contributed by atoms with Gasteiger partial charge < -0.3 is 5.32 Å². The number of fused-ring (bicyclic) bond motifs is 1. The predicted octanol–water partition coefficient (Wildman–Crippen LogP) is 2.46. The number of hydrogen-bond donors (Lipinski definition) is 2. The number of amides is 2. The summed E-state index contributed by atoms with van der Waals surface area (Å²) in [5.41, 5.74) is 1.81. The number of nitrogens with one attached hydrogen (secondary N) is 2. The maximum Gasteiger partial charge on any atom is 0.259 e. The van der Waals surface area contributed by atoms with E-state index in [1.165, 1.54) is 6.07 Å². The van der Waals surface area contributed by atoms with E-state index in [9.17, 15) is 18.4 Å². The standard InChI is InChI=1S/C15H10F2N2O2/c16-12-4-1-8(5-13(12)17)7-18-9-2-3-10-11(6-9)15(21)19-14(10)20/h1-6,18H,7H2,(H,19,20,21). The van der Waals surface area contributed by atoms with Gasteiger partial charge in [-0.05, 0) is 35.9 Å². The molecule has 0 spiro atoms. The molecular weight excluding hydrogens is 278 g/mol. The van der Waals surface area contributed by atoms with Gasteiger partial charge in [0.05, 0.1) is 11.1 Å². The lowest BCUT2D eigenvalue weighted by Gasteiger charge is -2.08. The summed E-state index contributed by atoms with van der Waals surface area (Å²) in [6.45, 7) is 0.269. The molecule has 0 aromatic heterocycles. The van der Waals surface area contributed by atoms with Crippen molar-refractivity contribution in [3.05, 3.63) is 64.7 Å². The van der Waals surface area contributed by atoms with Crippen molar-refractivity contribution in [2.45, 2.75) is 6.54 Å². The lowest BCUT2D eigenvalue weighted by Crippen LogP contribution is -2.19. The minimum absolute atomic E-state index is 0.269. The lowest BCUT2D eigenvalue weighted by atomic mass is 10.1. The van der Waals surface area contributed by atoms with Crippen molar-refractivity contribution in [2.24, 2.45) is 0 Å². The van der Waals surface area contributed by atoms with Crippen LogP contribution < -0.4 is 10.6 Å². The Kier molecular flexibility index (Phi) is 3.13. The van der Waals surface area contributed by atoms with Gasteiger partial charge in [0.2, 0.25) is 0 Å². The normalized spacial score (nSPS) is 13.0. The zero-order valence-electron chi connectivity index (χ0n) is 10.7. The fourth-order valence-electron chi connectivity index (χ4n) is 2.13. The highest BCUT2D eigenvalue weighted by molar-refractivity contribution is 6.21. The van der Waals surface area contributed by atoms with E-state index in [0.29, 0.717) is 22.4 Å². The van der Waals surface area contributed by atoms with Crippen LogP contribution in [0.5, 0.6) is 0 Å². The zero-order chi connectivity index (χ0) is 15.0. The fraction of sp³-hybridized carbons (Fsp3) is 0.0667. The molecule has 21 heavy (non-hydrogen) atoms. The van der Waals surface area contributed by atoms with E-state index >= 15 is 0 Å². The Bertz CT molecular complexity index is 759. The first-order valence-corrected chi connectivity index (χ1v) is 6.22. The summed E-state index contributed by atoms with van der Waals surface area (Å²) in [6, 6.07) is 8.37. The van der Waals surface area contributed by atoms with Crippen LogP contribution in [0.2, 0.25) is 0 Å². The van der Waals surface area contributed by atoms with Gasteiger partial charge in [0.25, 0.3) is 11.8 Å². The van der Waals surface area contributed by atoms with Crippen LogP contribution in [-0.2, 0) is 6.54 Å². The van der Waals surface area contributed by atoms with Gasteiger partial charge in [0.15, 0.2) is 11.6 Å². The van der Waals surface area contributed by atoms with E-state index in [1.54, 1.807) is 18.2 Å². The molecule has 0 atom stereocenters. The van der Waals surface area contributed by atoms with Crippen LogP contribution >= 0.6 is 0 Å². The molecule has 0 bridgehead atoms. The molecule has 4 nitrogen and oxygen atoms in total. The molecule has 2 aromatic carbocycles. The molecule has 2 amide bonds. The van der Waals surface area contributed by atoms with Gasteiger partial charge in [-0.2, -0.15) is 0 Å². The number of carbonyl (C=O) groups excluding carboxylic acids is 2. The highest BCUT2D eigenvalue weighted by Crippen LogP contribution is 2.21. The average Bonchev–Trinajstić information content (AvgIpc) is 2.75. The van der Waals surface area contributed by atoms with Gasteiger partial charge in [0, 0.05) is 12.2 Å². The first-order chi connectivity index (χ1) is 10.0. The third-order valence-corrected chi connectivity index (χ3v) is 3.22. The summed E-state index contributed by atoms with van der Waals surface area (Å²) in [5.74, 6) is -2.66. The van der Waals surface area contributed by atoms with E-state index in [2.05, 4.69) is 10.6 Å². The molecule has 0 unspecified atom stereocenters. The Morgan fingerprint density at radius 2 is 1.67 bits per heavy atom. The molecule has 0 radical (unpaired) electrons. The minimum Gasteiger partial charge on any atom is -0.381 e. The molecule has 2 aromatic rings. The lowest BCUT2D eigenvalue weighted by molar-refractivity contribution is 0.0879. The van der Waals surface area contributed by atoms with Crippen LogP contribution in [0.3, 0.4) is 0 Å². The molecule has 1 aliphatic rings. The molecule has 6 heteroatoms. The summed E-state index contributed by atoms with van der Waals surface area (Å²) < 4.78 is 25.9. The number of imide groups is 1. The maximum absolute atomic E-state index is 13.1. The second-order valence-electron chi connectivity index (χ2n) is 4.65. The van der Waals surface area contributed by atoms with Crippen molar-refractivity contribution in [2.75, 3.05) is 5.32 Å². The van der Waals surface area contributed by atoms with Crippen molar-refractivity contribution in [3.63, 3.8) is 0 Å². The SMILES string of the molecule is O=C1NC(=O)c2cc(NCc3ccc(F)c(F)c3)ccc21. The number of benzene rings is 2. The number of hydrogen-bond acceptors (Lipinski definition) is 3. The summed E-state index contributed by atoms with van der Waals surface area (Å²) in [7, 11) is 0. The molecule has 0 saturated carbocycles. The second-order valence-corrected chi connectivity index (χ2v) is 4.65. The Labute approximate surface area is 118 Å². The minimum atomic E-state index is -0.909. The molecule has 106 valence electrons. The van der Waals surface area contributed by atoms with Crippen LogP contribution in [-0.4, -0.2) is 11.8 Å². The van der Waals surface area contributed by atoms with Crippen LogP contribution in [0.4, 0.5) is 14.5 Å². The quantitative estimate of drug-likeness (QED) is 0.853. The van der Waals surface area contributed by atoms with Gasteiger partial charge in [0.1, 0.15) is 0 Å². The number of carbonyl (C=O) groups is 2. The van der Waals surface area contributed by atoms with Crippen molar-refractivity contribution in [3.8, 4) is 0 Å². The molecule has 0 fully saturated rings. The Morgan fingerprint density at radius 1 is 0.905 bits per heavy atom. The monoisotopic (exact) mass is 288 g/mol. The summed E-state index contributed by atoms with van der Waals surface area (Å²) >= 11 is 0. The molecule has 0 saturated heterocycles. The number of halogens is 2. The van der Waals surface area contributed by atoms with Gasteiger partial charge in [-0.15, -0.1) is 0 Å². The van der Waals surface area contributed by atoms with Crippen molar-refractivity contribution < 1.29 is 18.4 Å². The summed E-state index contributed by atoms with van der Waals surface area (Å²) in [5, 5.41) is 5.19. The predicted molar refractivity (Wildman–Crippen MR) is 71.9 cm³/mol. The molecule has 1 aliphatic heterocycles. The van der Waals surface area contributed by atoms with E-state index in [4.69, 9.17) is 0 Å². The van der Waals surface area contributed by atoms with Crippen molar-refractivity contribution in [1.82, 2.24) is 5.32 Å². The van der Waals surface area contributed by atoms with Gasteiger partial charge in [-0.1, -0.05) is 6.07 Å². The maximum atomic E-state index is 13.1. The smallest absolute Gasteiger partial charge is 0.259 e. The summed E-state index contributed by atoms with van der Waals surface area (Å²) in [4.78, 5) is 22.9. The average molecular weight is 288 g/mol. The molecule has 0 aliphatic carbocycles. The first-order valence-electron chi connectivity index (χ1n) is 6.22. The van der Waals surface area contributed by atoms with E-state index < -0.39 is 23.4 Å². The Balaban J connectivity index is 1.77. The Morgan fingerprint density at radius 3 is 2.43 bits per heavy atom. The largest absolute Gasteiger partial charge is 0.381 e. The van der Waals surface area contributed by atoms with Crippen LogP contribution in [0, 0.1) is 11.6 Å². The van der Waals surface area contributed by atoms with E-state index in [0.717, 1.165) is 12.1 Å². The third kappa shape index (κ3) is 2.47. The van der Waals surface area contributed by atoms with Crippen LogP contribution in [0.1, 0.15) is 26.3 Å². The van der Waals surface area contributed by atoms with Crippen LogP contribution in [0.15, 0.2) is 36.4 Å². The topological polar surface area (TPSA) is 58.2 Å². The molecule has 3 rings (SSSR count). The van der Waals surface area contributed by atoms with Crippen LogP contribution in [0.25, 0.3) is 0 Å². The fourth-order valence-corrected chi connectivity index (χ4v) is 2.13. The van der Waals surface area contributed by atoms with Crippen molar-refractivity contribution >= 4 is 17.5 Å². The van der Waals surface area contributed by atoms with E-state index in [1.807, 2.05) is 0 Å². The highest BCUT2D eigenvalue weighted by atomic mass is 19.2. The number of rotatable bonds is 3. The molecule has 2 N–H and O–H groups in total. The number of anilines is 1. The first kappa shape index (κ1) is 13.2. The van der Waals surface area contributed by atoms with Gasteiger partial charge >= 0.3 is 0 Å². The summed E-state index contributed by atoms with van der Waals surface area (Å²) in [6.07, 6.45) is 0. The Hall–Kier alpha value is -2.76. The van der Waals surface area contributed by atoms with Gasteiger partial charge in [-0.3, -0.25) is 14.9 Å². The van der Waals surface area contributed by atoms with E-state index in [-0.39, 0.29) is 6.54 Å². The molecular formula is C15H10F2N2O2.